The van der Waals surface area contributed by atoms with Gasteiger partial charge in [-0.05, 0) is 26.3 Å². The molecule has 0 aromatic heterocycles. The van der Waals surface area contributed by atoms with Crippen molar-refractivity contribution in [2.24, 2.45) is 0 Å². The molecule has 0 spiro atoms. The highest BCUT2D eigenvalue weighted by Gasteiger charge is 2.31. The van der Waals surface area contributed by atoms with Crippen LogP contribution in [0.1, 0.15) is 26.2 Å². The van der Waals surface area contributed by atoms with E-state index in [1.54, 1.807) is 0 Å². The smallest absolute Gasteiger partial charge is 0.279 e. The zero-order chi connectivity index (χ0) is 13.0. The summed E-state index contributed by atoms with van der Waals surface area (Å²) in [5, 5.41) is 6.09. The first-order chi connectivity index (χ1) is 8.70. The quantitative estimate of drug-likeness (QED) is 0.794. The number of hydrogen-bond acceptors (Lipinski definition) is 4. The van der Waals surface area contributed by atoms with Crippen LogP contribution >= 0.6 is 11.8 Å². The molecule has 2 heterocycles. The van der Waals surface area contributed by atoms with Crippen molar-refractivity contribution in [2.75, 3.05) is 25.4 Å². The van der Waals surface area contributed by atoms with Gasteiger partial charge in [-0.25, -0.2) is 0 Å². The van der Waals surface area contributed by atoms with E-state index in [1.165, 1.54) is 24.6 Å². The van der Waals surface area contributed by atoms with Gasteiger partial charge in [-0.1, -0.05) is 18.2 Å². The maximum atomic E-state index is 12.3. The fourth-order valence-electron chi connectivity index (χ4n) is 2.46. The molecule has 2 saturated heterocycles. The van der Waals surface area contributed by atoms with Gasteiger partial charge in [-0.3, -0.25) is 9.59 Å². The van der Waals surface area contributed by atoms with Gasteiger partial charge in [0.2, 0.25) is 5.91 Å². The van der Waals surface area contributed by atoms with Crippen LogP contribution in [-0.2, 0) is 4.79 Å². The summed E-state index contributed by atoms with van der Waals surface area (Å²) in [7, 11) is 0. The highest BCUT2D eigenvalue weighted by Crippen LogP contribution is 2.16. The van der Waals surface area contributed by atoms with E-state index in [0.717, 1.165) is 19.5 Å². The molecule has 102 valence electrons. The Morgan fingerprint density at radius 1 is 1.50 bits per heavy atom. The Kier molecular flexibility index (Phi) is 4.88. The van der Waals surface area contributed by atoms with Crippen molar-refractivity contribution in [1.82, 2.24) is 15.5 Å². The topological polar surface area (TPSA) is 61.4 Å². The van der Waals surface area contributed by atoms with E-state index in [-0.39, 0.29) is 17.2 Å². The standard InChI is InChI=1S/C12H21N3O2S/c1-2-15(7-9-5-3-4-6-13-9)11(16)10-8-18-12(17)14-10/h9-10,13H,2-8H2,1H3,(H,14,17). The number of hydrogen-bond donors (Lipinski definition) is 2. The highest BCUT2D eigenvalue weighted by atomic mass is 32.2. The van der Waals surface area contributed by atoms with Crippen LogP contribution in [0.25, 0.3) is 0 Å². The fourth-order valence-corrected chi connectivity index (χ4v) is 3.23. The largest absolute Gasteiger partial charge is 0.340 e. The lowest BCUT2D eigenvalue weighted by molar-refractivity contribution is -0.132. The lowest BCUT2D eigenvalue weighted by Gasteiger charge is -2.31. The molecule has 2 fully saturated rings. The lowest BCUT2D eigenvalue weighted by atomic mass is 10.0. The minimum Gasteiger partial charge on any atom is -0.340 e. The first-order valence-corrected chi connectivity index (χ1v) is 7.64. The molecular formula is C12H21N3O2S. The maximum Gasteiger partial charge on any atom is 0.279 e. The Balaban J connectivity index is 1.86. The van der Waals surface area contributed by atoms with Gasteiger partial charge >= 0.3 is 0 Å². The van der Waals surface area contributed by atoms with Crippen LogP contribution in [0.4, 0.5) is 4.79 Å². The SMILES string of the molecule is CCN(CC1CCCCN1)C(=O)C1CSC(=O)N1. The van der Waals surface area contributed by atoms with Gasteiger partial charge in [0.05, 0.1) is 0 Å². The van der Waals surface area contributed by atoms with Gasteiger partial charge in [-0.2, -0.15) is 0 Å². The number of carbonyl (C=O) groups is 2. The molecule has 2 atom stereocenters. The van der Waals surface area contributed by atoms with Crippen molar-refractivity contribution in [3.8, 4) is 0 Å². The van der Waals surface area contributed by atoms with Gasteiger partial charge in [0.25, 0.3) is 5.24 Å². The summed E-state index contributed by atoms with van der Waals surface area (Å²) in [6, 6.07) is 0.0819. The van der Waals surface area contributed by atoms with E-state index >= 15 is 0 Å². The Bertz CT molecular complexity index is 318. The molecule has 2 amide bonds. The normalized spacial score (nSPS) is 27.9. The second-order valence-electron chi connectivity index (χ2n) is 4.82. The Hall–Kier alpha value is -0.750. The average Bonchev–Trinajstić information content (AvgIpc) is 2.83. The number of thioether (sulfide) groups is 1. The second kappa shape index (κ2) is 6.43. The maximum absolute atomic E-state index is 12.3. The van der Waals surface area contributed by atoms with Crippen molar-refractivity contribution in [1.29, 1.82) is 0 Å². The van der Waals surface area contributed by atoms with Gasteiger partial charge in [0.1, 0.15) is 6.04 Å². The Morgan fingerprint density at radius 2 is 2.33 bits per heavy atom. The van der Waals surface area contributed by atoms with Crippen LogP contribution in [0.5, 0.6) is 0 Å². The number of piperidine rings is 1. The van der Waals surface area contributed by atoms with Crippen molar-refractivity contribution >= 4 is 22.9 Å². The molecule has 0 aromatic rings. The van der Waals surface area contributed by atoms with Crippen molar-refractivity contribution in [3.63, 3.8) is 0 Å². The van der Waals surface area contributed by atoms with Crippen LogP contribution in [0.3, 0.4) is 0 Å². The summed E-state index contributed by atoms with van der Waals surface area (Å²) in [5.41, 5.74) is 0. The van der Waals surface area contributed by atoms with Gasteiger partial charge in [0, 0.05) is 24.9 Å². The van der Waals surface area contributed by atoms with Gasteiger partial charge < -0.3 is 15.5 Å². The Morgan fingerprint density at radius 3 is 2.89 bits per heavy atom. The first kappa shape index (κ1) is 13.7. The number of amides is 2. The summed E-state index contributed by atoms with van der Waals surface area (Å²) in [6.07, 6.45) is 3.60. The molecule has 0 bridgehead atoms. The fraction of sp³-hybridized carbons (Fsp3) is 0.833. The summed E-state index contributed by atoms with van der Waals surface area (Å²) in [4.78, 5) is 25.3. The van der Waals surface area contributed by atoms with Crippen LogP contribution in [0.15, 0.2) is 0 Å². The molecule has 18 heavy (non-hydrogen) atoms. The van der Waals surface area contributed by atoms with Crippen molar-refractivity contribution < 1.29 is 9.59 Å². The van der Waals surface area contributed by atoms with Crippen LogP contribution in [-0.4, -0.2) is 53.5 Å². The average molecular weight is 271 g/mol. The zero-order valence-corrected chi connectivity index (χ0v) is 11.6. The molecule has 0 aromatic carbocycles. The predicted molar refractivity (Wildman–Crippen MR) is 72.7 cm³/mol. The molecule has 2 N–H and O–H groups in total. The minimum atomic E-state index is -0.328. The third-order valence-corrected chi connectivity index (χ3v) is 4.40. The highest BCUT2D eigenvalue weighted by molar-refractivity contribution is 8.14. The van der Waals surface area contributed by atoms with Crippen molar-refractivity contribution in [3.05, 3.63) is 0 Å². The molecule has 6 heteroatoms. The van der Waals surface area contributed by atoms with E-state index in [2.05, 4.69) is 10.6 Å². The minimum absolute atomic E-state index is 0.0585. The molecule has 2 unspecified atom stereocenters. The molecule has 0 saturated carbocycles. The molecule has 2 aliphatic rings. The summed E-state index contributed by atoms with van der Waals surface area (Å²) < 4.78 is 0. The lowest BCUT2D eigenvalue weighted by Crippen LogP contribution is -2.51. The van der Waals surface area contributed by atoms with E-state index < -0.39 is 0 Å². The molecule has 2 aliphatic heterocycles. The Labute approximate surface area is 112 Å². The number of carbonyl (C=O) groups excluding carboxylic acids is 2. The summed E-state index contributed by atoms with van der Waals surface area (Å²) in [6.45, 7) is 4.50. The third-order valence-electron chi connectivity index (χ3n) is 3.52. The molecular weight excluding hydrogens is 250 g/mol. The monoisotopic (exact) mass is 271 g/mol. The molecule has 0 aliphatic carbocycles. The number of likely N-dealkylation sites (N-methyl/N-ethyl adjacent to an activating group) is 1. The van der Waals surface area contributed by atoms with Crippen LogP contribution < -0.4 is 10.6 Å². The van der Waals surface area contributed by atoms with E-state index in [4.69, 9.17) is 0 Å². The summed E-state index contributed by atoms with van der Waals surface area (Å²) >= 11 is 1.19. The molecule has 0 radical (unpaired) electrons. The van der Waals surface area contributed by atoms with Gasteiger partial charge in [-0.15, -0.1) is 0 Å². The zero-order valence-electron chi connectivity index (χ0n) is 10.8. The predicted octanol–water partition coefficient (Wildman–Crippen LogP) is 0.802. The van der Waals surface area contributed by atoms with Crippen LogP contribution in [0, 0.1) is 0 Å². The molecule has 2 rings (SSSR count). The van der Waals surface area contributed by atoms with Gasteiger partial charge in [0.15, 0.2) is 0 Å². The number of rotatable bonds is 4. The second-order valence-corrected chi connectivity index (χ2v) is 5.81. The van der Waals surface area contributed by atoms with Crippen molar-refractivity contribution in [2.45, 2.75) is 38.3 Å². The number of nitrogens with one attached hydrogen (secondary N) is 2. The van der Waals surface area contributed by atoms with Crippen LogP contribution in [0.2, 0.25) is 0 Å². The van der Waals surface area contributed by atoms with E-state index in [0.29, 0.717) is 18.3 Å². The van der Waals surface area contributed by atoms with E-state index in [9.17, 15) is 9.59 Å². The number of nitrogens with zero attached hydrogens (tertiary/aromatic N) is 1. The summed E-state index contributed by atoms with van der Waals surface area (Å²) in [5.74, 6) is 0.620. The molecule has 5 nitrogen and oxygen atoms in total. The first-order valence-electron chi connectivity index (χ1n) is 6.66. The third kappa shape index (κ3) is 3.38. The van der Waals surface area contributed by atoms with E-state index in [1.807, 2.05) is 11.8 Å².